The molecule has 1 aromatic rings. The van der Waals surface area contributed by atoms with Crippen LogP contribution in [0.5, 0.6) is 0 Å². The highest BCUT2D eigenvalue weighted by atomic mass is 16.2. The number of hydrogen-bond acceptors (Lipinski definition) is 2. The van der Waals surface area contributed by atoms with Gasteiger partial charge in [0.05, 0.1) is 12.6 Å². The summed E-state index contributed by atoms with van der Waals surface area (Å²) >= 11 is 0. The molecule has 3 rings (SSSR count). The van der Waals surface area contributed by atoms with Gasteiger partial charge in [0.15, 0.2) is 0 Å². The van der Waals surface area contributed by atoms with Gasteiger partial charge in [-0.15, -0.1) is 0 Å². The molecule has 0 spiro atoms. The molecule has 1 aliphatic carbocycles. The molecule has 22 heavy (non-hydrogen) atoms. The summed E-state index contributed by atoms with van der Waals surface area (Å²) in [6, 6.07) is 10.1. The summed E-state index contributed by atoms with van der Waals surface area (Å²) in [5.74, 6) is 0.0296. The van der Waals surface area contributed by atoms with E-state index in [-0.39, 0.29) is 24.4 Å². The molecule has 0 unspecified atom stereocenters. The Bertz CT molecular complexity index is 580. The Kier molecular flexibility index (Phi) is 4.56. The van der Waals surface area contributed by atoms with Crippen LogP contribution in [0, 0.1) is 0 Å². The highest BCUT2D eigenvalue weighted by Gasteiger charge is 2.28. The molecule has 2 aliphatic rings. The van der Waals surface area contributed by atoms with E-state index in [1.165, 1.54) is 11.1 Å². The second kappa shape index (κ2) is 6.77. The summed E-state index contributed by atoms with van der Waals surface area (Å²) in [5.41, 5.74) is 2.41. The standard InChI is InChI=1S/C18H22N2O2/c21-17-13-20(18(22)11-15-8-4-5-9-15)12-16(19-17)10-14-6-2-1-3-7-14/h1-3,6-8,16H,4-5,9-13H2,(H,19,21)/t16-/m0/s1. The van der Waals surface area contributed by atoms with E-state index in [9.17, 15) is 9.59 Å². The molecule has 0 radical (unpaired) electrons. The molecule has 0 bridgehead atoms. The third-order valence-corrected chi connectivity index (χ3v) is 4.33. The van der Waals surface area contributed by atoms with E-state index in [1.54, 1.807) is 4.90 Å². The molecule has 4 nitrogen and oxygen atoms in total. The molecule has 0 aromatic heterocycles. The van der Waals surface area contributed by atoms with Gasteiger partial charge in [0.2, 0.25) is 11.8 Å². The number of benzene rings is 1. The fraction of sp³-hybridized carbons (Fsp3) is 0.444. The van der Waals surface area contributed by atoms with Crippen molar-refractivity contribution in [3.05, 3.63) is 47.5 Å². The number of nitrogens with zero attached hydrogens (tertiary/aromatic N) is 1. The SMILES string of the molecule is O=C1CN(C(=O)CC2=CCCC2)C[C@H](Cc2ccccc2)N1. The van der Waals surface area contributed by atoms with Crippen LogP contribution in [-0.4, -0.2) is 35.8 Å². The number of amides is 2. The number of allylic oxidation sites excluding steroid dienone is 1. The maximum Gasteiger partial charge on any atom is 0.239 e. The number of carbonyl (C=O) groups is 2. The van der Waals surface area contributed by atoms with E-state index in [2.05, 4.69) is 23.5 Å². The van der Waals surface area contributed by atoms with Crippen molar-refractivity contribution in [2.24, 2.45) is 0 Å². The minimum Gasteiger partial charge on any atom is -0.350 e. The van der Waals surface area contributed by atoms with Gasteiger partial charge < -0.3 is 10.2 Å². The second-order valence-corrected chi connectivity index (χ2v) is 6.16. The van der Waals surface area contributed by atoms with Crippen molar-refractivity contribution in [2.45, 2.75) is 38.1 Å². The summed E-state index contributed by atoms with van der Waals surface area (Å²) < 4.78 is 0. The Balaban J connectivity index is 1.60. The van der Waals surface area contributed by atoms with Crippen molar-refractivity contribution in [3.8, 4) is 0 Å². The fourth-order valence-corrected chi connectivity index (χ4v) is 3.23. The Morgan fingerprint density at radius 3 is 2.82 bits per heavy atom. The van der Waals surface area contributed by atoms with E-state index in [0.717, 1.165) is 25.7 Å². The summed E-state index contributed by atoms with van der Waals surface area (Å²) in [4.78, 5) is 26.0. The first kappa shape index (κ1) is 14.8. The summed E-state index contributed by atoms with van der Waals surface area (Å²) in [7, 11) is 0. The van der Waals surface area contributed by atoms with Gasteiger partial charge in [-0.3, -0.25) is 9.59 Å². The van der Waals surface area contributed by atoms with Gasteiger partial charge in [-0.2, -0.15) is 0 Å². The fourth-order valence-electron chi connectivity index (χ4n) is 3.23. The van der Waals surface area contributed by atoms with Crippen LogP contribution in [0.2, 0.25) is 0 Å². The Morgan fingerprint density at radius 2 is 2.09 bits per heavy atom. The highest BCUT2D eigenvalue weighted by Crippen LogP contribution is 2.21. The van der Waals surface area contributed by atoms with Gasteiger partial charge in [-0.1, -0.05) is 42.0 Å². The smallest absolute Gasteiger partial charge is 0.239 e. The summed E-state index contributed by atoms with van der Waals surface area (Å²) in [6.45, 7) is 0.796. The summed E-state index contributed by atoms with van der Waals surface area (Å²) in [6.07, 6.45) is 6.67. The van der Waals surface area contributed by atoms with E-state index < -0.39 is 0 Å². The van der Waals surface area contributed by atoms with E-state index >= 15 is 0 Å². The minimum absolute atomic E-state index is 0.00478. The predicted molar refractivity (Wildman–Crippen MR) is 85.2 cm³/mol. The Hall–Kier alpha value is -2.10. The van der Waals surface area contributed by atoms with E-state index in [1.807, 2.05) is 18.2 Å². The number of carbonyl (C=O) groups excluding carboxylic acids is 2. The lowest BCUT2D eigenvalue weighted by atomic mass is 10.0. The molecular formula is C18H22N2O2. The lowest BCUT2D eigenvalue weighted by molar-refractivity contribution is -0.139. The van der Waals surface area contributed by atoms with Crippen LogP contribution < -0.4 is 5.32 Å². The van der Waals surface area contributed by atoms with Gasteiger partial charge in [0, 0.05) is 13.0 Å². The molecule has 1 heterocycles. The predicted octanol–water partition coefficient (Wildman–Crippen LogP) is 2.06. The topological polar surface area (TPSA) is 49.4 Å². The average Bonchev–Trinajstić information content (AvgIpc) is 3.00. The second-order valence-electron chi connectivity index (χ2n) is 6.16. The monoisotopic (exact) mass is 298 g/mol. The number of nitrogens with one attached hydrogen (secondary N) is 1. The minimum atomic E-state index is -0.0547. The zero-order valence-electron chi connectivity index (χ0n) is 12.8. The van der Waals surface area contributed by atoms with E-state index in [0.29, 0.717) is 13.0 Å². The first-order chi connectivity index (χ1) is 10.7. The van der Waals surface area contributed by atoms with Crippen molar-refractivity contribution in [1.82, 2.24) is 10.2 Å². The number of hydrogen-bond donors (Lipinski definition) is 1. The van der Waals surface area contributed by atoms with Crippen molar-refractivity contribution in [1.29, 1.82) is 0 Å². The van der Waals surface area contributed by atoms with Crippen molar-refractivity contribution in [3.63, 3.8) is 0 Å². The zero-order valence-corrected chi connectivity index (χ0v) is 12.8. The molecule has 2 amide bonds. The quantitative estimate of drug-likeness (QED) is 0.865. The third-order valence-electron chi connectivity index (χ3n) is 4.33. The molecule has 0 saturated carbocycles. The van der Waals surface area contributed by atoms with Crippen molar-refractivity contribution >= 4 is 11.8 Å². The molecule has 1 saturated heterocycles. The largest absolute Gasteiger partial charge is 0.350 e. The van der Waals surface area contributed by atoms with Gasteiger partial charge >= 0.3 is 0 Å². The first-order valence-corrected chi connectivity index (χ1v) is 7.99. The van der Waals surface area contributed by atoms with Crippen LogP contribution in [0.3, 0.4) is 0 Å². The normalized spacial score (nSPS) is 21.5. The van der Waals surface area contributed by atoms with Gasteiger partial charge in [-0.25, -0.2) is 0 Å². The lowest BCUT2D eigenvalue weighted by Crippen LogP contribution is -2.56. The van der Waals surface area contributed by atoms with Crippen molar-refractivity contribution in [2.75, 3.05) is 13.1 Å². The van der Waals surface area contributed by atoms with Crippen LogP contribution in [0.1, 0.15) is 31.2 Å². The van der Waals surface area contributed by atoms with Crippen LogP contribution in [0.4, 0.5) is 0 Å². The Morgan fingerprint density at radius 1 is 1.27 bits per heavy atom. The summed E-state index contributed by atoms with van der Waals surface area (Å²) in [5, 5.41) is 3.00. The molecule has 1 aliphatic heterocycles. The number of rotatable bonds is 4. The molecule has 4 heteroatoms. The molecule has 1 fully saturated rings. The highest BCUT2D eigenvalue weighted by molar-refractivity contribution is 5.87. The first-order valence-electron chi connectivity index (χ1n) is 7.99. The van der Waals surface area contributed by atoms with Crippen LogP contribution in [0.25, 0.3) is 0 Å². The molecule has 1 N–H and O–H groups in total. The van der Waals surface area contributed by atoms with E-state index in [4.69, 9.17) is 0 Å². The maximum atomic E-state index is 12.4. The molecule has 116 valence electrons. The number of piperazine rings is 1. The third kappa shape index (κ3) is 3.75. The van der Waals surface area contributed by atoms with Gasteiger partial charge in [0.1, 0.15) is 0 Å². The van der Waals surface area contributed by atoms with Crippen LogP contribution in [0.15, 0.2) is 42.0 Å². The molecule has 1 aromatic carbocycles. The van der Waals surface area contributed by atoms with Crippen LogP contribution in [-0.2, 0) is 16.0 Å². The zero-order chi connectivity index (χ0) is 15.4. The molecular weight excluding hydrogens is 276 g/mol. The molecule has 1 atom stereocenters. The van der Waals surface area contributed by atoms with Gasteiger partial charge in [-0.05, 0) is 31.2 Å². The maximum absolute atomic E-state index is 12.4. The lowest BCUT2D eigenvalue weighted by Gasteiger charge is -2.33. The Labute approximate surface area is 131 Å². The van der Waals surface area contributed by atoms with Crippen LogP contribution >= 0.6 is 0 Å². The van der Waals surface area contributed by atoms with Gasteiger partial charge in [0.25, 0.3) is 0 Å². The van der Waals surface area contributed by atoms with Crippen molar-refractivity contribution < 1.29 is 9.59 Å². The average molecular weight is 298 g/mol.